The minimum absolute atomic E-state index is 0.325. The number of amides is 2. The lowest BCUT2D eigenvalue weighted by Crippen LogP contribution is -2.39. The van der Waals surface area contributed by atoms with E-state index in [-0.39, 0.29) is 6.04 Å². The first-order chi connectivity index (χ1) is 9.11. The normalized spacial score (nSPS) is 11.9. The minimum atomic E-state index is -1.08. The maximum atomic E-state index is 11.3. The zero-order valence-electron chi connectivity index (χ0n) is 10.4. The molecule has 3 N–H and O–H groups in total. The van der Waals surface area contributed by atoms with Gasteiger partial charge < -0.3 is 5.32 Å². The molecule has 5 heteroatoms. The van der Waals surface area contributed by atoms with Crippen molar-refractivity contribution in [1.29, 1.82) is 0 Å². The van der Waals surface area contributed by atoms with Gasteiger partial charge in [0.1, 0.15) is 0 Å². The van der Waals surface area contributed by atoms with Crippen molar-refractivity contribution in [1.82, 2.24) is 10.8 Å². The van der Waals surface area contributed by atoms with Crippen LogP contribution in [-0.2, 0) is 9.59 Å². The summed E-state index contributed by atoms with van der Waals surface area (Å²) in [6, 6.07) is 13.4. The molecular weight excluding hydrogens is 244 g/mol. The molecule has 2 rings (SSSR count). The molecule has 0 bridgehead atoms. The molecule has 0 heterocycles. The van der Waals surface area contributed by atoms with Crippen molar-refractivity contribution in [3.63, 3.8) is 0 Å². The summed E-state index contributed by atoms with van der Waals surface area (Å²) >= 11 is 0. The molecule has 0 saturated carbocycles. The second-order valence-corrected chi connectivity index (χ2v) is 4.24. The van der Waals surface area contributed by atoms with Crippen LogP contribution in [0.15, 0.2) is 42.5 Å². The fourth-order valence-corrected chi connectivity index (χ4v) is 1.87. The topological polar surface area (TPSA) is 78.4 Å². The third kappa shape index (κ3) is 2.89. The molecule has 0 fully saturated rings. The largest absolute Gasteiger partial charge is 0.341 e. The van der Waals surface area contributed by atoms with Gasteiger partial charge in [0.15, 0.2) is 0 Å². The van der Waals surface area contributed by atoms with E-state index in [0.717, 1.165) is 16.3 Å². The number of carbonyl (C=O) groups is 2. The molecule has 0 aliphatic carbocycles. The van der Waals surface area contributed by atoms with Crippen LogP contribution >= 0.6 is 0 Å². The molecule has 1 atom stereocenters. The van der Waals surface area contributed by atoms with Gasteiger partial charge in [0, 0.05) is 0 Å². The zero-order valence-corrected chi connectivity index (χ0v) is 10.4. The summed E-state index contributed by atoms with van der Waals surface area (Å²) in [6.45, 7) is 1.77. The first-order valence-corrected chi connectivity index (χ1v) is 5.85. The van der Waals surface area contributed by atoms with Crippen LogP contribution in [-0.4, -0.2) is 17.0 Å². The van der Waals surface area contributed by atoms with E-state index in [1.807, 2.05) is 42.5 Å². The van der Waals surface area contributed by atoms with Gasteiger partial charge in [-0.05, 0) is 29.3 Å². The fraction of sp³-hybridized carbons (Fsp3) is 0.143. The van der Waals surface area contributed by atoms with E-state index in [9.17, 15) is 9.59 Å². The van der Waals surface area contributed by atoms with E-state index in [0.29, 0.717) is 0 Å². The lowest BCUT2D eigenvalue weighted by Gasteiger charge is -2.14. The van der Waals surface area contributed by atoms with Crippen molar-refractivity contribution in [3.8, 4) is 0 Å². The lowest BCUT2D eigenvalue weighted by molar-refractivity contribution is -0.144. The van der Waals surface area contributed by atoms with Crippen LogP contribution in [0.3, 0.4) is 0 Å². The van der Waals surface area contributed by atoms with Crippen LogP contribution < -0.4 is 10.8 Å². The van der Waals surface area contributed by atoms with E-state index < -0.39 is 11.8 Å². The SMILES string of the molecule is C[C@H](NC(=O)C(=O)NO)c1ccc2ccccc2c1. The Balaban J connectivity index is 2.19. The van der Waals surface area contributed by atoms with Gasteiger partial charge in [-0.15, -0.1) is 0 Å². The highest BCUT2D eigenvalue weighted by Gasteiger charge is 2.16. The molecule has 0 unspecified atom stereocenters. The van der Waals surface area contributed by atoms with Crippen LogP contribution in [0.4, 0.5) is 0 Å². The van der Waals surface area contributed by atoms with Crippen molar-refractivity contribution < 1.29 is 14.8 Å². The Morgan fingerprint density at radius 2 is 1.74 bits per heavy atom. The first kappa shape index (κ1) is 13.0. The second kappa shape index (κ2) is 5.49. The monoisotopic (exact) mass is 258 g/mol. The van der Waals surface area contributed by atoms with E-state index in [1.54, 1.807) is 6.92 Å². The molecule has 0 aliphatic rings. The number of benzene rings is 2. The summed E-state index contributed by atoms with van der Waals surface area (Å²) in [5, 5.41) is 13.0. The molecule has 0 aromatic heterocycles. The maximum absolute atomic E-state index is 11.3. The molecule has 2 aromatic rings. The summed E-state index contributed by atoms with van der Waals surface area (Å²) in [5.74, 6) is -1.95. The Morgan fingerprint density at radius 3 is 2.42 bits per heavy atom. The zero-order chi connectivity index (χ0) is 13.8. The van der Waals surface area contributed by atoms with Crippen LogP contribution in [0.1, 0.15) is 18.5 Å². The molecule has 0 aliphatic heterocycles. The molecule has 2 amide bonds. The molecular formula is C14H14N2O3. The molecule has 0 spiro atoms. The molecule has 5 nitrogen and oxygen atoms in total. The van der Waals surface area contributed by atoms with E-state index >= 15 is 0 Å². The van der Waals surface area contributed by atoms with Crippen molar-refractivity contribution in [3.05, 3.63) is 48.0 Å². The standard InChI is InChI=1S/C14H14N2O3/c1-9(15-13(17)14(18)16-19)11-7-6-10-4-2-3-5-12(10)8-11/h2-9,19H,1H3,(H,15,17)(H,16,18)/t9-/m0/s1. The van der Waals surface area contributed by atoms with Crippen molar-refractivity contribution in [2.45, 2.75) is 13.0 Å². The number of rotatable bonds is 2. The van der Waals surface area contributed by atoms with E-state index in [4.69, 9.17) is 5.21 Å². The summed E-state index contributed by atoms with van der Waals surface area (Å²) < 4.78 is 0. The average Bonchev–Trinajstić information content (AvgIpc) is 2.45. The Labute approximate surface area is 110 Å². The van der Waals surface area contributed by atoms with E-state index in [1.165, 1.54) is 5.48 Å². The van der Waals surface area contributed by atoms with Crippen molar-refractivity contribution in [2.75, 3.05) is 0 Å². The van der Waals surface area contributed by atoms with Gasteiger partial charge in [0.2, 0.25) is 0 Å². The predicted molar refractivity (Wildman–Crippen MR) is 70.4 cm³/mol. The highest BCUT2D eigenvalue weighted by atomic mass is 16.5. The van der Waals surface area contributed by atoms with Crippen molar-refractivity contribution >= 4 is 22.6 Å². The third-order valence-corrected chi connectivity index (χ3v) is 2.93. The number of hydroxylamine groups is 1. The van der Waals surface area contributed by atoms with Crippen molar-refractivity contribution in [2.24, 2.45) is 0 Å². The second-order valence-electron chi connectivity index (χ2n) is 4.24. The number of hydrogen-bond donors (Lipinski definition) is 3. The lowest BCUT2D eigenvalue weighted by atomic mass is 10.0. The molecule has 19 heavy (non-hydrogen) atoms. The van der Waals surface area contributed by atoms with Crippen LogP contribution in [0.5, 0.6) is 0 Å². The highest BCUT2D eigenvalue weighted by Crippen LogP contribution is 2.20. The van der Waals surface area contributed by atoms with Gasteiger partial charge in [-0.1, -0.05) is 36.4 Å². The van der Waals surface area contributed by atoms with Gasteiger partial charge in [0.25, 0.3) is 0 Å². The molecule has 98 valence electrons. The Hall–Kier alpha value is -2.40. The van der Waals surface area contributed by atoms with Gasteiger partial charge >= 0.3 is 11.8 Å². The molecule has 0 radical (unpaired) electrons. The quantitative estimate of drug-likeness (QED) is 0.434. The van der Waals surface area contributed by atoms with Crippen LogP contribution in [0.25, 0.3) is 10.8 Å². The van der Waals surface area contributed by atoms with Gasteiger partial charge in [-0.2, -0.15) is 0 Å². The predicted octanol–water partition coefficient (Wildman–Crippen LogP) is 1.52. The van der Waals surface area contributed by atoms with Crippen LogP contribution in [0.2, 0.25) is 0 Å². The number of nitrogens with one attached hydrogen (secondary N) is 2. The van der Waals surface area contributed by atoms with Crippen LogP contribution in [0, 0.1) is 0 Å². The molecule has 2 aromatic carbocycles. The van der Waals surface area contributed by atoms with Gasteiger partial charge in [-0.3, -0.25) is 14.8 Å². The van der Waals surface area contributed by atoms with E-state index in [2.05, 4.69) is 5.32 Å². The number of carbonyl (C=O) groups excluding carboxylic acids is 2. The highest BCUT2D eigenvalue weighted by molar-refractivity contribution is 6.34. The summed E-state index contributed by atoms with van der Waals surface area (Å²) in [6.07, 6.45) is 0. The fourth-order valence-electron chi connectivity index (χ4n) is 1.87. The third-order valence-electron chi connectivity index (χ3n) is 2.93. The summed E-state index contributed by atoms with van der Waals surface area (Å²) in [7, 11) is 0. The Morgan fingerprint density at radius 1 is 1.05 bits per heavy atom. The molecule has 0 saturated heterocycles. The first-order valence-electron chi connectivity index (χ1n) is 5.85. The minimum Gasteiger partial charge on any atom is -0.341 e. The maximum Gasteiger partial charge on any atom is 0.332 e. The summed E-state index contributed by atoms with van der Waals surface area (Å²) in [4.78, 5) is 22.3. The Bertz CT molecular complexity index is 625. The smallest absolute Gasteiger partial charge is 0.332 e. The summed E-state index contributed by atoms with van der Waals surface area (Å²) in [5.41, 5.74) is 2.19. The number of hydrogen-bond acceptors (Lipinski definition) is 3. The van der Waals surface area contributed by atoms with Gasteiger partial charge in [0.05, 0.1) is 6.04 Å². The number of fused-ring (bicyclic) bond motifs is 1. The van der Waals surface area contributed by atoms with Gasteiger partial charge in [-0.25, -0.2) is 5.48 Å². The Kier molecular flexibility index (Phi) is 3.77. The average molecular weight is 258 g/mol.